The lowest BCUT2D eigenvalue weighted by molar-refractivity contribution is 0.108. The van der Waals surface area contributed by atoms with Crippen LogP contribution in [-0.2, 0) is 13.3 Å². The standard InChI is InChI=1S/C11H20O3Si/c1-4-15(12-2,13-3)14-10-11-8-6-5-7-9-11/h5-6,8H,4,7,9-10H2,1-3H3. The molecule has 0 unspecified atom stereocenters. The minimum atomic E-state index is -2.37. The van der Waals surface area contributed by atoms with Crippen molar-refractivity contribution in [3.63, 3.8) is 0 Å². The van der Waals surface area contributed by atoms with E-state index in [1.165, 1.54) is 5.57 Å². The van der Waals surface area contributed by atoms with Gasteiger partial charge < -0.3 is 13.3 Å². The summed E-state index contributed by atoms with van der Waals surface area (Å²) >= 11 is 0. The van der Waals surface area contributed by atoms with Crippen molar-refractivity contribution >= 4 is 8.80 Å². The Bertz CT molecular complexity index is 236. The van der Waals surface area contributed by atoms with Crippen LogP contribution in [0.1, 0.15) is 19.8 Å². The summed E-state index contributed by atoms with van der Waals surface area (Å²) < 4.78 is 16.6. The lowest BCUT2D eigenvalue weighted by Gasteiger charge is -2.25. The molecule has 1 aliphatic rings. The molecule has 0 aromatic carbocycles. The highest BCUT2D eigenvalue weighted by molar-refractivity contribution is 6.60. The van der Waals surface area contributed by atoms with Gasteiger partial charge in [-0.2, -0.15) is 0 Å². The summed E-state index contributed by atoms with van der Waals surface area (Å²) in [6, 6.07) is 0.809. The van der Waals surface area contributed by atoms with E-state index in [1.807, 2.05) is 6.92 Å². The predicted octanol–water partition coefficient (Wildman–Crippen LogP) is 2.53. The van der Waals surface area contributed by atoms with Crippen LogP contribution in [0, 0.1) is 0 Å². The molecule has 86 valence electrons. The molecule has 0 atom stereocenters. The molecular formula is C11H20O3Si. The summed E-state index contributed by atoms with van der Waals surface area (Å²) in [5, 5.41) is 0. The Hall–Kier alpha value is -0.423. The van der Waals surface area contributed by atoms with Crippen LogP contribution in [0.15, 0.2) is 23.8 Å². The van der Waals surface area contributed by atoms with Crippen LogP contribution in [0.25, 0.3) is 0 Å². The molecule has 0 aromatic heterocycles. The van der Waals surface area contributed by atoms with Crippen LogP contribution in [0.2, 0.25) is 6.04 Å². The van der Waals surface area contributed by atoms with Crippen molar-refractivity contribution in [3.05, 3.63) is 23.8 Å². The highest BCUT2D eigenvalue weighted by atomic mass is 28.4. The van der Waals surface area contributed by atoms with Gasteiger partial charge in [-0.25, -0.2) is 0 Å². The Kier molecular flexibility index (Phi) is 5.25. The fourth-order valence-corrected chi connectivity index (χ4v) is 3.16. The molecule has 0 saturated heterocycles. The van der Waals surface area contributed by atoms with E-state index in [9.17, 15) is 0 Å². The summed E-state index contributed by atoms with van der Waals surface area (Å²) in [7, 11) is 0.956. The second-order valence-electron chi connectivity index (χ2n) is 3.53. The third-order valence-corrected chi connectivity index (χ3v) is 5.33. The van der Waals surface area contributed by atoms with Crippen molar-refractivity contribution in [3.8, 4) is 0 Å². The zero-order valence-electron chi connectivity index (χ0n) is 9.79. The van der Waals surface area contributed by atoms with Crippen molar-refractivity contribution in [1.29, 1.82) is 0 Å². The topological polar surface area (TPSA) is 27.7 Å². The van der Waals surface area contributed by atoms with Crippen molar-refractivity contribution in [2.45, 2.75) is 25.8 Å². The second kappa shape index (κ2) is 6.22. The van der Waals surface area contributed by atoms with Gasteiger partial charge in [0, 0.05) is 20.3 Å². The number of rotatable bonds is 6. The molecule has 4 heteroatoms. The van der Waals surface area contributed by atoms with Crippen molar-refractivity contribution in [1.82, 2.24) is 0 Å². The van der Waals surface area contributed by atoms with Crippen LogP contribution >= 0.6 is 0 Å². The van der Waals surface area contributed by atoms with Crippen LogP contribution < -0.4 is 0 Å². The van der Waals surface area contributed by atoms with E-state index in [1.54, 1.807) is 14.2 Å². The summed E-state index contributed by atoms with van der Waals surface area (Å²) in [5.41, 5.74) is 1.32. The van der Waals surface area contributed by atoms with Gasteiger partial charge in [-0.15, -0.1) is 0 Å². The molecule has 1 aliphatic carbocycles. The third kappa shape index (κ3) is 3.57. The summed E-state index contributed by atoms with van der Waals surface area (Å²) in [5.74, 6) is 0. The van der Waals surface area contributed by atoms with Crippen LogP contribution in [0.3, 0.4) is 0 Å². The van der Waals surface area contributed by atoms with Crippen LogP contribution in [0.5, 0.6) is 0 Å². The first kappa shape index (κ1) is 12.6. The maximum atomic E-state index is 5.81. The van der Waals surface area contributed by atoms with Gasteiger partial charge in [0.05, 0.1) is 6.61 Å². The fourth-order valence-electron chi connectivity index (χ4n) is 1.57. The zero-order valence-corrected chi connectivity index (χ0v) is 10.8. The molecule has 0 saturated carbocycles. The summed E-state index contributed by atoms with van der Waals surface area (Å²) in [4.78, 5) is 0. The van der Waals surface area contributed by atoms with Gasteiger partial charge in [0.15, 0.2) is 0 Å². The Morgan fingerprint density at radius 1 is 1.33 bits per heavy atom. The van der Waals surface area contributed by atoms with Crippen molar-refractivity contribution in [2.24, 2.45) is 0 Å². The SMILES string of the molecule is CC[Si](OC)(OC)OCC1=CC=CCC1. The molecule has 0 aromatic rings. The minimum Gasteiger partial charge on any atom is -0.377 e. The smallest absolute Gasteiger partial charge is 0.377 e. The van der Waals surface area contributed by atoms with Crippen LogP contribution in [-0.4, -0.2) is 29.6 Å². The molecule has 0 N–H and O–H groups in total. The zero-order chi connectivity index (χ0) is 11.1. The Morgan fingerprint density at radius 3 is 2.53 bits per heavy atom. The fraction of sp³-hybridized carbons (Fsp3) is 0.636. The maximum Gasteiger partial charge on any atom is 0.500 e. The maximum absolute atomic E-state index is 5.81. The van der Waals surface area contributed by atoms with Gasteiger partial charge in [0.2, 0.25) is 0 Å². The summed E-state index contributed by atoms with van der Waals surface area (Å²) in [6.07, 6.45) is 8.55. The van der Waals surface area contributed by atoms with E-state index in [-0.39, 0.29) is 0 Å². The van der Waals surface area contributed by atoms with E-state index >= 15 is 0 Å². The molecule has 0 heterocycles. The highest BCUT2D eigenvalue weighted by Gasteiger charge is 2.36. The first-order valence-corrected chi connectivity index (χ1v) is 7.28. The third-order valence-electron chi connectivity index (χ3n) is 2.63. The van der Waals surface area contributed by atoms with Gasteiger partial charge in [-0.1, -0.05) is 25.2 Å². The largest absolute Gasteiger partial charge is 0.500 e. The van der Waals surface area contributed by atoms with Crippen molar-refractivity contribution < 1.29 is 13.3 Å². The first-order valence-electron chi connectivity index (χ1n) is 5.35. The average Bonchev–Trinajstić information content (AvgIpc) is 2.33. The monoisotopic (exact) mass is 228 g/mol. The molecule has 0 spiro atoms. The first-order chi connectivity index (χ1) is 7.26. The lowest BCUT2D eigenvalue weighted by Crippen LogP contribution is -2.43. The normalized spacial score (nSPS) is 16.6. The molecule has 1 rings (SSSR count). The molecule has 0 aliphatic heterocycles. The van der Waals surface area contributed by atoms with Gasteiger partial charge in [-0.3, -0.25) is 0 Å². The van der Waals surface area contributed by atoms with Crippen LogP contribution in [0.4, 0.5) is 0 Å². The molecule has 3 nitrogen and oxygen atoms in total. The van der Waals surface area contributed by atoms with Gasteiger partial charge >= 0.3 is 8.80 Å². The summed E-state index contributed by atoms with van der Waals surface area (Å²) in [6.45, 7) is 2.67. The van der Waals surface area contributed by atoms with Gasteiger partial charge in [0.1, 0.15) is 0 Å². The number of allylic oxidation sites excluding steroid dienone is 3. The van der Waals surface area contributed by atoms with E-state index in [4.69, 9.17) is 13.3 Å². The van der Waals surface area contributed by atoms with E-state index in [2.05, 4.69) is 18.2 Å². The second-order valence-corrected chi connectivity index (χ2v) is 6.70. The van der Waals surface area contributed by atoms with Gasteiger partial charge in [0.25, 0.3) is 0 Å². The minimum absolute atomic E-state index is 0.631. The quantitative estimate of drug-likeness (QED) is 0.654. The number of hydrogen-bond donors (Lipinski definition) is 0. The molecule has 0 amide bonds. The average molecular weight is 228 g/mol. The van der Waals surface area contributed by atoms with E-state index in [0.717, 1.165) is 18.9 Å². The lowest BCUT2D eigenvalue weighted by atomic mass is 10.1. The van der Waals surface area contributed by atoms with Gasteiger partial charge in [-0.05, 0) is 18.4 Å². The Balaban J connectivity index is 2.46. The van der Waals surface area contributed by atoms with E-state index < -0.39 is 8.80 Å². The highest BCUT2D eigenvalue weighted by Crippen LogP contribution is 2.17. The number of hydrogen-bond acceptors (Lipinski definition) is 3. The molecular weight excluding hydrogens is 208 g/mol. The molecule has 0 fully saturated rings. The Labute approximate surface area is 93.1 Å². The molecule has 15 heavy (non-hydrogen) atoms. The predicted molar refractivity (Wildman–Crippen MR) is 62.7 cm³/mol. The van der Waals surface area contributed by atoms with E-state index in [0.29, 0.717) is 6.61 Å². The van der Waals surface area contributed by atoms with Crippen molar-refractivity contribution in [2.75, 3.05) is 20.8 Å². The Morgan fingerprint density at radius 2 is 2.07 bits per heavy atom. The molecule has 0 bridgehead atoms. The molecule has 0 radical (unpaired) electrons.